The maximum Gasteiger partial charge on any atom is 0.254 e. The Bertz CT molecular complexity index is 986. The van der Waals surface area contributed by atoms with Crippen molar-refractivity contribution in [2.24, 2.45) is 0 Å². The van der Waals surface area contributed by atoms with E-state index in [0.29, 0.717) is 12.5 Å². The molecule has 0 aliphatic carbocycles. The summed E-state index contributed by atoms with van der Waals surface area (Å²) in [5, 5.41) is 16.4. The fraction of sp³-hybridized carbons (Fsp3) is 0.429. The van der Waals surface area contributed by atoms with Gasteiger partial charge in [0.15, 0.2) is 0 Å². The Hall–Kier alpha value is -3.00. The van der Waals surface area contributed by atoms with Gasteiger partial charge in [0.25, 0.3) is 5.91 Å². The van der Waals surface area contributed by atoms with Gasteiger partial charge in [-0.15, -0.1) is 10.2 Å². The number of fused-ring (bicyclic) bond motifs is 1. The van der Waals surface area contributed by atoms with E-state index in [-0.39, 0.29) is 5.91 Å². The van der Waals surface area contributed by atoms with Crippen molar-refractivity contribution in [3.8, 4) is 0 Å². The van der Waals surface area contributed by atoms with Gasteiger partial charge in [-0.3, -0.25) is 9.48 Å². The summed E-state index contributed by atoms with van der Waals surface area (Å²) in [6.07, 6.45) is 5.53. The lowest BCUT2D eigenvalue weighted by Gasteiger charge is -2.32. The first-order valence-electron chi connectivity index (χ1n) is 10.3. The maximum atomic E-state index is 13.2. The summed E-state index contributed by atoms with van der Waals surface area (Å²) < 4.78 is 4.11. The summed E-state index contributed by atoms with van der Waals surface area (Å²) in [7, 11) is 0. The van der Waals surface area contributed by atoms with E-state index in [4.69, 9.17) is 0 Å². The molecule has 2 aliphatic heterocycles. The highest BCUT2D eigenvalue weighted by molar-refractivity contribution is 5.95. The van der Waals surface area contributed by atoms with Crippen molar-refractivity contribution in [2.45, 2.75) is 38.4 Å². The van der Waals surface area contributed by atoms with Crippen LogP contribution < -0.4 is 5.32 Å². The first-order chi connectivity index (χ1) is 14.3. The van der Waals surface area contributed by atoms with Crippen LogP contribution in [0.1, 0.15) is 46.3 Å². The molecule has 8 nitrogen and oxygen atoms in total. The predicted molar refractivity (Wildman–Crippen MR) is 107 cm³/mol. The molecule has 4 heterocycles. The number of rotatable bonds is 4. The van der Waals surface area contributed by atoms with Crippen LogP contribution in [-0.2, 0) is 19.6 Å². The van der Waals surface area contributed by atoms with Gasteiger partial charge in [0.1, 0.15) is 11.6 Å². The molecule has 1 fully saturated rings. The number of benzene rings is 1. The fourth-order valence-corrected chi connectivity index (χ4v) is 4.36. The van der Waals surface area contributed by atoms with Crippen LogP contribution >= 0.6 is 0 Å². The molecule has 0 radical (unpaired) electrons. The SMILES string of the molecule is O=C(c1ccccc1Cn1cccn1)N1CCC(c2nnc3n2CCNC3)CC1. The van der Waals surface area contributed by atoms with Gasteiger partial charge < -0.3 is 14.8 Å². The molecule has 5 rings (SSSR count). The number of aromatic nitrogens is 5. The third-order valence-electron chi connectivity index (χ3n) is 5.94. The van der Waals surface area contributed by atoms with Gasteiger partial charge in [0.05, 0.1) is 13.1 Å². The molecule has 1 N–H and O–H groups in total. The summed E-state index contributed by atoms with van der Waals surface area (Å²) in [6.45, 7) is 4.78. The molecule has 150 valence electrons. The lowest BCUT2D eigenvalue weighted by molar-refractivity contribution is 0.0709. The summed E-state index contributed by atoms with van der Waals surface area (Å²) in [5.41, 5.74) is 1.77. The number of carbonyl (C=O) groups is 1. The third kappa shape index (κ3) is 3.55. The lowest BCUT2D eigenvalue weighted by atomic mass is 9.94. The van der Waals surface area contributed by atoms with Crippen LogP contribution in [0.25, 0.3) is 0 Å². The predicted octanol–water partition coefficient (Wildman–Crippen LogP) is 1.65. The van der Waals surface area contributed by atoms with Crippen LogP contribution in [0.2, 0.25) is 0 Å². The summed E-state index contributed by atoms with van der Waals surface area (Å²) in [4.78, 5) is 15.2. The van der Waals surface area contributed by atoms with E-state index in [1.54, 1.807) is 6.20 Å². The van der Waals surface area contributed by atoms with Gasteiger partial charge in [0, 0.05) is 50.1 Å². The fourth-order valence-electron chi connectivity index (χ4n) is 4.36. The molecule has 3 aromatic rings. The topological polar surface area (TPSA) is 80.9 Å². The van der Waals surface area contributed by atoms with Crippen molar-refractivity contribution in [2.75, 3.05) is 19.6 Å². The smallest absolute Gasteiger partial charge is 0.254 e. The van der Waals surface area contributed by atoms with E-state index in [0.717, 1.165) is 68.3 Å². The lowest BCUT2D eigenvalue weighted by Crippen LogP contribution is -2.39. The first kappa shape index (κ1) is 18.1. The molecule has 0 unspecified atom stereocenters. The van der Waals surface area contributed by atoms with Crippen molar-refractivity contribution in [3.05, 3.63) is 65.5 Å². The van der Waals surface area contributed by atoms with E-state index in [9.17, 15) is 4.79 Å². The van der Waals surface area contributed by atoms with Crippen LogP contribution in [0.5, 0.6) is 0 Å². The second-order valence-corrected chi connectivity index (χ2v) is 7.73. The summed E-state index contributed by atoms with van der Waals surface area (Å²) >= 11 is 0. The van der Waals surface area contributed by atoms with Gasteiger partial charge in [-0.2, -0.15) is 5.10 Å². The van der Waals surface area contributed by atoms with Crippen molar-refractivity contribution >= 4 is 5.91 Å². The van der Waals surface area contributed by atoms with Gasteiger partial charge in [0.2, 0.25) is 0 Å². The number of hydrogen-bond acceptors (Lipinski definition) is 5. The van der Waals surface area contributed by atoms with Gasteiger partial charge in [-0.25, -0.2) is 0 Å². The highest BCUT2D eigenvalue weighted by atomic mass is 16.2. The van der Waals surface area contributed by atoms with E-state index in [2.05, 4.69) is 25.2 Å². The van der Waals surface area contributed by atoms with Crippen molar-refractivity contribution in [1.29, 1.82) is 0 Å². The second kappa shape index (κ2) is 7.79. The van der Waals surface area contributed by atoms with Crippen molar-refractivity contribution < 1.29 is 4.79 Å². The average molecular weight is 391 g/mol. The van der Waals surface area contributed by atoms with Crippen LogP contribution in [0, 0.1) is 0 Å². The normalized spacial score (nSPS) is 17.3. The van der Waals surface area contributed by atoms with E-state index in [1.165, 1.54) is 0 Å². The van der Waals surface area contributed by atoms with E-state index >= 15 is 0 Å². The summed E-state index contributed by atoms with van der Waals surface area (Å²) in [6, 6.07) is 9.75. The standard InChI is InChI=1S/C21H25N7O/c29-21(18-5-2-1-4-17(18)15-27-10-3-8-23-27)26-11-6-16(7-12-26)20-25-24-19-14-22-9-13-28(19)20/h1-5,8,10,16,22H,6-7,9,11-15H2. The Morgan fingerprint density at radius 2 is 1.97 bits per heavy atom. The zero-order valence-corrected chi connectivity index (χ0v) is 16.4. The highest BCUT2D eigenvalue weighted by Crippen LogP contribution is 2.29. The molecule has 0 bridgehead atoms. The Balaban J connectivity index is 1.28. The molecule has 8 heteroatoms. The molecule has 29 heavy (non-hydrogen) atoms. The quantitative estimate of drug-likeness (QED) is 0.731. The molecule has 1 amide bonds. The zero-order valence-electron chi connectivity index (χ0n) is 16.4. The zero-order chi connectivity index (χ0) is 19.6. The number of likely N-dealkylation sites (tertiary alicyclic amines) is 1. The van der Waals surface area contributed by atoms with Gasteiger partial charge in [-0.05, 0) is 30.5 Å². The molecule has 0 spiro atoms. The third-order valence-corrected chi connectivity index (χ3v) is 5.94. The van der Waals surface area contributed by atoms with Crippen molar-refractivity contribution in [1.82, 2.24) is 34.8 Å². The van der Waals surface area contributed by atoms with Gasteiger partial charge in [-0.1, -0.05) is 18.2 Å². The molecule has 2 aliphatic rings. The molecular weight excluding hydrogens is 366 g/mol. The Morgan fingerprint density at radius 3 is 2.79 bits per heavy atom. The Kier molecular flexibility index (Phi) is 4.85. The Morgan fingerprint density at radius 1 is 1.10 bits per heavy atom. The minimum atomic E-state index is 0.110. The molecule has 1 aromatic carbocycles. The maximum absolute atomic E-state index is 13.2. The van der Waals surface area contributed by atoms with Crippen LogP contribution in [-0.4, -0.2) is 55.0 Å². The van der Waals surface area contributed by atoms with Gasteiger partial charge >= 0.3 is 0 Å². The van der Waals surface area contributed by atoms with Crippen LogP contribution in [0.3, 0.4) is 0 Å². The minimum absolute atomic E-state index is 0.110. The highest BCUT2D eigenvalue weighted by Gasteiger charge is 2.29. The monoisotopic (exact) mass is 391 g/mol. The molecule has 0 atom stereocenters. The minimum Gasteiger partial charge on any atom is -0.339 e. The van der Waals surface area contributed by atoms with Crippen molar-refractivity contribution in [3.63, 3.8) is 0 Å². The number of amides is 1. The molecule has 1 saturated heterocycles. The summed E-state index contributed by atoms with van der Waals surface area (Å²) in [5.74, 6) is 2.60. The second-order valence-electron chi connectivity index (χ2n) is 7.73. The van der Waals surface area contributed by atoms with E-state index in [1.807, 2.05) is 46.1 Å². The molecular formula is C21H25N7O. The van der Waals surface area contributed by atoms with Crippen LogP contribution in [0.15, 0.2) is 42.7 Å². The number of carbonyl (C=O) groups excluding carboxylic acids is 1. The first-order valence-corrected chi connectivity index (χ1v) is 10.3. The number of piperidine rings is 1. The molecule has 0 saturated carbocycles. The number of nitrogens with one attached hydrogen (secondary N) is 1. The van der Waals surface area contributed by atoms with Crippen LogP contribution in [0.4, 0.5) is 0 Å². The largest absolute Gasteiger partial charge is 0.339 e. The Labute approximate surface area is 169 Å². The average Bonchev–Trinajstić information content (AvgIpc) is 3.44. The number of nitrogens with zero attached hydrogens (tertiary/aromatic N) is 6. The number of hydrogen-bond donors (Lipinski definition) is 1. The molecule has 2 aromatic heterocycles. The van der Waals surface area contributed by atoms with E-state index < -0.39 is 0 Å².